The summed E-state index contributed by atoms with van der Waals surface area (Å²) in [5.41, 5.74) is 2.22. The highest BCUT2D eigenvalue weighted by Crippen LogP contribution is 2.26. The third-order valence-corrected chi connectivity index (χ3v) is 7.03. The molecule has 11 nitrogen and oxygen atoms in total. The van der Waals surface area contributed by atoms with Gasteiger partial charge in [0.05, 0.1) is 5.92 Å². The van der Waals surface area contributed by atoms with Crippen molar-refractivity contribution < 1.29 is 43.2 Å². The molecule has 0 bridgehead atoms. The Labute approximate surface area is 255 Å². The van der Waals surface area contributed by atoms with E-state index in [2.05, 4.69) is 10.3 Å². The molecular formula is C33H36N2O9. The third-order valence-electron chi connectivity index (χ3n) is 7.03. The van der Waals surface area contributed by atoms with Gasteiger partial charge in [0.1, 0.15) is 18.6 Å². The van der Waals surface area contributed by atoms with E-state index in [0.29, 0.717) is 11.3 Å². The largest absolute Gasteiger partial charge is 0.463 e. The van der Waals surface area contributed by atoms with Crippen LogP contribution >= 0.6 is 0 Å². The zero-order valence-electron chi connectivity index (χ0n) is 25.3. The average Bonchev–Trinajstić information content (AvgIpc) is 3.03. The van der Waals surface area contributed by atoms with Gasteiger partial charge in [0, 0.05) is 11.8 Å². The number of nitrogens with zero attached hydrogens (tertiary/aromatic N) is 1. The lowest BCUT2D eigenvalue weighted by Crippen LogP contribution is -2.47. The number of pyridine rings is 1. The Morgan fingerprint density at radius 1 is 0.977 bits per heavy atom. The number of benzene rings is 2. The second-order valence-corrected chi connectivity index (χ2v) is 10.9. The lowest BCUT2D eigenvalue weighted by molar-refractivity contribution is -0.176. The number of hydrogen-bond donors (Lipinski definition) is 1. The summed E-state index contributed by atoms with van der Waals surface area (Å²) in [5.74, 6) is -3.95. The minimum absolute atomic E-state index is 0.0379. The van der Waals surface area contributed by atoms with E-state index in [9.17, 15) is 19.2 Å². The fraction of sp³-hybridized carbons (Fsp3) is 0.364. The summed E-state index contributed by atoms with van der Waals surface area (Å²) in [7, 11) is 0. The summed E-state index contributed by atoms with van der Waals surface area (Å²) in [6.07, 6.45) is -0.589. The Hall–Kier alpha value is -4.93. The molecular weight excluding hydrogens is 568 g/mol. The number of rotatable bonds is 9. The molecule has 1 aliphatic heterocycles. The van der Waals surface area contributed by atoms with Crippen LogP contribution < -0.4 is 15.1 Å². The van der Waals surface area contributed by atoms with Crippen LogP contribution in [0.25, 0.3) is 0 Å². The molecule has 0 saturated carbocycles. The van der Waals surface area contributed by atoms with Crippen LogP contribution in [0.5, 0.6) is 11.5 Å². The van der Waals surface area contributed by atoms with Gasteiger partial charge in [0.2, 0.25) is 5.75 Å². The Balaban J connectivity index is 1.55. The number of aryl methyl sites for hydroxylation is 2. The Kier molecular flexibility index (Phi) is 10.5. The quantitative estimate of drug-likeness (QED) is 0.164. The fourth-order valence-corrected chi connectivity index (χ4v) is 4.47. The van der Waals surface area contributed by atoms with Crippen molar-refractivity contribution in [2.75, 3.05) is 6.61 Å². The van der Waals surface area contributed by atoms with E-state index in [0.717, 1.165) is 11.1 Å². The van der Waals surface area contributed by atoms with Gasteiger partial charge >= 0.3 is 17.9 Å². The van der Waals surface area contributed by atoms with Crippen LogP contribution in [0.3, 0.4) is 0 Å². The van der Waals surface area contributed by atoms with Crippen LogP contribution in [0.15, 0.2) is 66.9 Å². The van der Waals surface area contributed by atoms with Crippen LogP contribution in [-0.4, -0.2) is 53.7 Å². The van der Waals surface area contributed by atoms with Crippen molar-refractivity contribution in [1.29, 1.82) is 0 Å². The van der Waals surface area contributed by atoms with Crippen molar-refractivity contribution in [3.8, 4) is 11.5 Å². The van der Waals surface area contributed by atoms with Gasteiger partial charge in [0.25, 0.3) is 5.91 Å². The number of aromatic nitrogens is 1. The highest BCUT2D eigenvalue weighted by molar-refractivity contribution is 5.97. The number of carbonyl (C=O) groups excluding carboxylic acids is 4. The smallest absolute Gasteiger partial charge is 0.332 e. The van der Waals surface area contributed by atoms with E-state index >= 15 is 0 Å². The Bertz CT molecular complexity index is 1470. The molecule has 1 fully saturated rings. The number of amides is 1. The van der Waals surface area contributed by atoms with E-state index in [1.54, 1.807) is 39.0 Å². The summed E-state index contributed by atoms with van der Waals surface area (Å²) in [5, 5.41) is 2.54. The first-order valence-corrected chi connectivity index (χ1v) is 14.3. The minimum Gasteiger partial charge on any atom is -0.463 e. The van der Waals surface area contributed by atoms with Gasteiger partial charge in [-0.15, -0.1) is 0 Å². The van der Waals surface area contributed by atoms with E-state index in [4.69, 9.17) is 24.0 Å². The molecule has 2 unspecified atom stereocenters. The summed E-state index contributed by atoms with van der Waals surface area (Å²) in [6.45, 7) is 7.97. The standard InChI is InChI=1S/C33H36N2O9/c1-19(2)31(37)42-29-22(5)41-33(39)26(18-40-32(38)25(29)17-23-9-7-6-8-10-23)35-30(36)27-28(21(4)15-16-34-27)44-43-24-13-11-20(3)12-14-24/h6-16,19,22,25-26,29H,17-18H2,1-5H3,(H,35,36)/t22?,25?,26-,29-/m0/s1. The third kappa shape index (κ3) is 8.12. The molecule has 2 heterocycles. The van der Waals surface area contributed by atoms with Crippen molar-refractivity contribution in [2.24, 2.45) is 11.8 Å². The predicted molar refractivity (Wildman–Crippen MR) is 158 cm³/mol. The van der Waals surface area contributed by atoms with Crippen molar-refractivity contribution in [1.82, 2.24) is 10.3 Å². The lowest BCUT2D eigenvalue weighted by Gasteiger charge is -2.29. The molecule has 4 rings (SSSR count). The molecule has 1 N–H and O–H groups in total. The SMILES string of the molecule is Cc1ccc(OOc2c(C)ccnc2C(=O)N[C@H]2COC(=O)C(Cc3ccccc3)[C@@H](OC(=O)C(C)C)C(C)OC2=O)cc1. The maximum Gasteiger partial charge on any atom is 0.332 e. The van der Waals surface area contributed by atoms with Gasteiger partial charge in [-0.1, -0.05) is 61.9 Å². The molecule has 4 atom stereocenters. The lowest BCUT2D eigenvalue weighted by atomic mass is 9.91. The molecule has 1 aromatic heterocycles. The highest BCUT2D eigenvalue weighted by Gasteiger charge is 2.42. The van der Waals surface area contributed by atoms with Gasteiger partial charge in [-0.3, -0.25) is 24.2 Å². The maximum absolute atomic E-state index is 13.4. The van der Waals surface area contributed by atoms with Crippen LogP contribution in [-0.2, 0) is 35.0 Å². The van der Waals surface area contributed by atoms with Gasteiger partial charge < -0.3 is 19.5 Å². The highest BCUT2D eigenvalue weighted by atomic mass is 17.2. The summed E-state index contributed by atoms with van der Waals surface area (Å²) in [4.78, 5) is 67.8. The molecule has 0 radical (unpaired) electrons. The Morgan fingerprint density at radius 3 is 2.36 bits per heavy atom. The molecule has 2 aromatic carbocycles. The zero-order valence-corrected chi connectivity index (χ0v) is 25.3. The molecule has 232 valence electrons. The van der Waals surface area contributed by atoms with Gasteiger partial charge in [0.15, 0.2) is 23.6 Å². The first-order chi connectivity index (χ1) is 21.0. The first kappa shape index (κ1) is 32.0. The van der Waals surface area contributed by atoms with Crippen LogP contribution in [0, 0.1) is 25.7 Å². The summed E-state index contributed by atoms with van der Waals surface area (Å²) < 4.78 is 16.9. The number of esters is 3. The molecule has 3 aromatic rings. The van der Waals surface area contributed by atoms with Gasteiger partial charge in [-0.2, -0.15) is 0 Å². The molecule has 1 aliphatic rings. The normalized spacial score (nSPS) is 20.3. The van der Waals surface area contributed by atoms with Gasteiger partial charge in [-0.25, -0.2) is 9.78 Å². The monoisotopic (exact) mass is 604 g/mol. The number of cyclic esters (lactones) is 2. The van der Waals surface area contributed by atoms with Gasteiger partial charge in [-0.05, 0) is 51.0 Å². The average molecular weight is 605 g/mol. The second-order valence-electron chi connectivity index (χ2n) is 10.9. The first-order valence-electron chi connectivity index (χ1n) is 14.3. The molecule has 0 spiro atoms. The molecule has 1 amide bonds. The molecule has 44 heavy (non-hydrogen) atoms. The predicted octanol–water partition coefficient (Wildman–Crippen LogP) is 4.08. The molecule has 0 aliphatic carbocycles. The van der Waals surface area contributed by atoms with Crippen molar-refractivity contribution in [3.05, 3.63) is 89.2 Å². The topological polar surface area (TPSA) is 139 Å². The molecule has 1 saturated heterocycles. The van der Waals surface area contributed by atoms with Crippen LogP contribution in [0.4, 0.5) is 0 Å². The number of carbonyl (C=O) groups is 4. The number of hydrogen-bond acceptors (Lipinski definition) is 10. The van der Waals surface area contributed by atoms with Crippen LogP contribution in [0.2, 0.25) is 0 Å². The van der Waals surface area contributed by atoms with Crippen molar-refractivity contribution in [2.45, 2.75) is 59.3 Å². The zero-order chi connectivity index (χ0) is 31.8. The van der Waals surface area contributed by atoms with E-state index in [1.165, 1.54) is 13.1 Å². The van der Waals surface area contributed by atoms with E-state index < -0.39 is 60.5 Å². The van der Waals surface area contributed by atoms with Crippen LogP contribution in [0.1, 0.15) is 48.0 Å². The van der Waals surface area contributed by atoms with E-state index in [1.807, 2.05) is 49.4 Å². The van der Waals surface area contributed by atoms with E-state index in [-0.39, 0.29) is 17.9 Å². The molecule has 11 heteroatoms. The summed E-state index contributed by atoms with van der Waals surface area (Å²) >= 11 is 0. The second kappa shape index (κ2) is 14.5. The maximum atomic E-state index is 13.4. The minimum atomic E-state index is -1.39. The number of ether oxygens (including phenoxy) is 3. The van der Waals surface area contributed by atoms with Crippen molar-refractivity contribution in [3.63, 3.8) is 0 Å². The fourth-order valence-electron chi connectivity index (χ4n) is 4.47. The van der Waals surface area contributed by atoms with Crippen molar-refractivity contribution >= 4 is 23.8 Å². The summed E-state index contributed by atoms with van der Waals surface area (Å²) in [6, 6.07) is 16.5. The Morgan fingerprint density at radius 2 is 1.68 bits per heavy atom. The number of nitrogens with one attached hydrogen (secondary N) is 1.